The highest BCUT2D eigenvalue weighted by Crippen LogP contribution is 2.06. The Hall–Kier alpha value is -1.59. The molecular weight excluding hydrogens is 268 g/mol. The molecule has 21 heavy (non-hydrogen) atoms. The van der Waals surface area contributed by atoms with Gasteiger partial charge in [-0.3, -0.25) is 0 Å². The zero-order valence-corrected chi connectivity index (χ0v) is 13.3. The number of alkyl carbamates (subject to hydrolysis) is 1. The second-order valence-corrected chi connectivity index (χ2v) is 6.16. The van der Waals surface area contributed by atoms with Gasteiger partial charge in [0.2, 0.25) is 0 Å². The van der Waals surface area contributed by atoms with Crippen LogP contribution in [0.3, 0.4) is 0 Å². The number of amides is 1. The minimum absolute atomic E-state index is 0.162. The van der Waals surface area contributed by atoms with Gasteiger partial charge in [-0.2, -0.15) is 0 Å². The number of benzene rings is 1. The van der Waals surface area contributed by atoms with Crippen molar-refractivity contribution in [2.75, 3.05) is 13.1 Å². The largest absolute Gasteiger partial charge is 0.444 e. The van der Waals surface area contributed by atoms with Crippen LogP contribution in [0.5, 0.6) is 0 Å². The molecule has 3 N–H and O–H groups in total. The van der Waals surface area contributed by atoms with E-state index in [4.69, 9.17) is 4.74 Å². The van der Waals surface area contributed by atoms with Crippen LogP contribution in [0.15, 0.2) is 24.3 Å². The molecule has 0 fully saturated rings. The molecule has 1 unspecified atom stereocenters. The SMILES string of the molecule is Cc1cccc(CNCC(O)CNC(=O)OC(C)(C)C)c1. The molecule has 0 bridgehead atoms. The lowest BCUT2D eigenvalue weighted by atomic mass is 10.1. The fourth-order valence-corrected chi connectivity index (χ4v) is 1.79. The smallest absolute Gasteiger partial charge is 0.407 e. The summed E-state index contributed by atoms with van der Waals surface area (Å²) < 4.78 is 5.09. The van der Waals surface area contributed by atoms with Crippen molar-refractivity contribution in [1.82, 2.24) is 10.6 Å². The van der Waals surface area contributed by atoms with E-state index in [0.29, 0.717) is 13.1 Å². The average Bonchev–Trinajstić information content (AvgIpc) is 2.34. The Morgan fingerprint density at radius 1 is 1.33 bits per heavy atom. The first-order chi connectivity index (χ1) is 9.76. The molecule has 0 aliphatic carbocycles. The van der Waals surface area contributed by atoms with Crippen molar-refractivity contribution in [3.8, 4) is 0 Å². The Bertz CT molecular complexity index is 455. The summed E-state index contributed by atoms with van der Waals surface area (Å²) >= 11 is 0. The van der Waals surface area contributed by atoms with Crippen LogP contribution in [0.4, 0.5) is 4.79 Å². The minimum atomic E-state index is -0.651. The first-order valence-corrected chi connectivity index (χ1v) is 7.17. The van der Waals surface area contributed by atoms with Gasteiger partial charge in [-0.15, -0.1) is 0 Å². The Kier molecular flexibility index (Phi) is 6.65. The lowest BCUT2D eigenvalue weighted by Crippen LogP contribution is -2.40. The summed E-state index contributed by atoms with van der Waals surface area (Å²) in [7, 11) is 0. The molecule has 1 atom stereocenters. The van der Waals surface area contributed by atoms with Gasteiger partial charge in [-0.1, -0.05) is 29.8 Å². The van der Waals surface area contributed by atoms with E-state index in [1.165, 1.54) is 11.1 Å². The van der Waals surface area contributed by atoms with Crippen LogP contribution in [0.2, 0.25) is 0 Å². The molecule has 5 nitrogen and oxygen atoms in total. The predicted octanol–water partition coefficient (Wildman–Crippen LogP) is 1.97. The van der Waals surface area contributed by atoms with Crippen LogP contribution in [0.25, 0.3) is 0 Å². The van der Waals surface area contributed by atoms with E-state index < -0.39 is 17.8 Å². The number of ether oxygens (including phenoxy) is 1. The van der Waals surface area contributed by atoms with Crippen molar-refractivity contribution in [3.63, 3.8) is 0 Å². The quantitative estimate of drug-likeness (QED) is 0.750. The molecule has 0 radical (unpaired) electrons. The van der Waals surface area contributed by atoms with Crippen molar-refractivity contribution in [3.05, 3.63) is 35.4 Å². The third-order valence-corrected chi connectivity index (χ3v) is 2.67. The Morgan fingerprint density at radius 2 is 2.05 bits per heavy atom. The van der Waals surface area contributed by atoms with Crippen molar-refractivity contribution >= 4 is 6.09 Å². The van der Waals surface area contributed by atoms with Gasteiger partial charge < -0.3 is 20.5 Å². The Balaban J connectivity index is 2.19. The molecule has 5 heteroatoms. The molecule has 118 valence electrons. The van der Waals surface area contributed by atoms with Crippen molar-refractivity contribution in [1.29, 1.82) is 0 Å². The van der Waals surface area contributed by atoms with E-state index in [1.807, 2.05) is 25.1 Å². The molecule has 1 aromatic rings. The number of carbonyl (C=O) groups excluding carboxylic acids is 1. The normalized spacial score (nSPS) is 12.8. The molecule has 1 aromatic carbocycles. The highest BCUT2D eigenvalue weighted by Gasteiger charge is 2.16. The van der Waals surface area contributed by atoms with Crippen molar-refractivity contribution in [2.24, 2.45) is 0 Å². The van der Waals surface area contributed by atoms with Crippen molar-refractivity contribution < 1.29 is 14.6 Å². The topological polar surface area (TPSA) is 70.6 Å². The van der Waals surface area contributed by atoms with Gasteiger partial charge in [0.1, 0.15) is 5.60 Å². The van der Waals surface area contributed by atoms with Gasteiger partial charge in [0, 0.05) is 19.6 Å². The first-order valence-electron chi connectivity index (χ1n) is 7.17. The average molecular weight is 294 g/mol. The van der Waals surface area contributed by atoms with Gasteiger partial charge in [0.25, 0.3) is 0 Å². The highest BCUT2D eigenvalue weighted by atomic mass is 16.6. The van der Waals surface area contributed by atoms with E-state index in [2.05, 4.69) is 16.7 Å². The number of aliphatic hydroxyl groups excluding tert-OH is 1. The number of carbonyl (C=O) groups is 1. The summed E-state index contributed by atoms with van der Waals surface area (Å²) in [4.78, 5) is 11.4. The monoisotopic (exact) mass is 294 g/mol. The number of aryl methyl sites for hydroxylation is 1. The summed E-state index contributed by atoms with van der Waals surface area (Å²) in [6, 6.07) is 8.18. The maximum absolute atomic E-state index is 11.4. The second kappa shape index (κ2) is 8.00. The van der Waals surface area contributed by atoms with Crippen LogP contribution in [0.1, 0.15) is 31.9 Å². The maximum atomic E-state index is 11.4. The zero-order valence-electron chi connectivity index (χ0n) is 13.3. The second-order valence-electron chi connectivity index (χ2n) is 6.16. The third kappa shape index (κ3) is 8.32. The number of nitrogens with one attached hydrogen (secondary N) is 2. The third-order valence-electron chi connectivity index (χ3n) is 2.67. The zero-order chi connectivity index (χ0) is 15.9. The molecular formula is C16H26N2O3. The van der Waals surface area contributed by atoms with Crippen LogP contribution in [-0.4, -0.2) is 36.0 Å². The highest BCUT2D eigenvalue weighted by molar-refractivity contribution is 5.67. The van der Waals surface area contributed by atoms with Gasteiger partial charge in [0.05, 0.1) is 6.10 Å². The van der Waals surface area contributed by atoms with Gasteiger partial charge >= 0.3 is 6.09 Å². The molecule has 0 heterocycles. The van der Waals surface area contributed by atoms with Gasteiger partial charge in [0.15, 0.2) is 0 Å². The van der Waals surface area contributed by atoms with Crippen LogP contribution in [0, 0.1) is 6.92 Å². The van der Waals surface area contributed by atoms with E-state index in [9.17, 15) is 9.90 Å². The van der Waals surface area contributed by atoms with Crippen LogP contribution >= 0.6 is 0 Å². The van der Waals surface area contributed by atoms with E-state index >= 15 is 0 Å². The summed E-state index contributed by atoms with van der Waals surface area (Å²) in [6.45, 7) is 8.69. The fraction of sp³-hybridized carbons (Fsp3) is 0.562. The number of rotatable bonds is 6. The summed E-state index contributed by atoms with van der Waals surface area (Å²) in [6.07, 6.45) is -1.16. The molecule has 0 aromatic heterocycles. The van der Waals surface area contributed by atoms with Crippen molar-refractivity contribution in [2.45, 2.75) is 45.9 Å². The minimum Gasteiger partial charge on any atom is -0.444 e. The lowest BCUT2D eigenvalue weighted by molar-refractivity contribution is 0.0492. The van der Waals surface area contributed by atoms with Crippen LogP contribution < -0.4 is 10.6 Å². The number of hydrogen-bond acceptors (Lipinski definition) is 4. The first kappa shape index (κ1) is 17.5. The predicted molar refractivity (Wildman–Crippen MR) is 83.1 cm³/mol. The molecule has 1 amide bonds. The van der Waals surface area contributed by atoms with Gasteiger partial charge in [-0.25, -0.2) is 4.79 Å². The molecule has 0 saturated carbocycles. The lowest BCUT2D eigenvalue weighted by Gasteiger charge is -2.20. The fourth-order valence-electron chi connectivity index (χ4n) is 1.79. The van der Waals surface area contributed by atoms with Gasteiger partial charge in [-0.05, 0) is 33.3 Å². The summed E-state index contributed by atoms with van der Waals surface area (Å²) in [5.41, 5.74) is 1.85. The van der Waals surface area contributed by atoms with Crippen LogP contribution in [-0.2, 0) is 11.3 Å². The van der Waals surface area contributed by atoms with E-state index in [-0.39, 0.29) is 6.54 Å². The molecule has 0 aliphatic heterocycles. The number of aliphatic hydroxyl groups is 1. The molecule has 0 saturated heterocycles. The molecule has 0 aliphatic rings. The Labute approximate surface area is 126 Å². The standard InChI is InChI=1S/C16H26N2O3/c1-12-6-5-7-13(8-12)9-17-10-14(19)11-18-15(20)21-16(2,3)4/h5-8,14,17,19H,9-11H2,1-4H3,(H,18,20). The Morgan fingerprint density at radius 3 is 2.67 bits per heavy atom. The number of hydrogen-bond donors (Lipinski definition) is 3. The molecule has 1 rings (SSSR count). The summed E-state index contributed by atoms with van der Waals surface area (Å²) in [5, 5.41) is 15.5. The van der Waals surface area contributed by atoms with E-state index in [0.717, 1.165) is 0 Å². The molecule has 0 spiro atoms. The summed E-state index contributed by atoms with van der Waals surface area (Å²) in [5.74, 6) is 0. The van der Waals surface area contributed by atoms with E-state index in [1.54, 1.807) is 20.8 Å². The maximum Gasteiger partial charge on any atom is 0.407 e.